The van der Waals surface area contributed by atoms with Gasteiger partial charge in [-0.25, -0.2) is 0 Å². The van der Waals surface area contributed by atoms with Gasteiger partial charge in [-0.1, -0.05) is 6.92 Å². The van der Waals surface area contributed by atoms with Gasteiger partial charge in [-0.2, -0.15) is 0 Å². The minimum absolute atomic E-state index is 0.168. The van der Waals surface area contributed by atoms with E-state index in [2.05, 4.69) is 13.8 Å². The number of nitrogens with two attached hydrogens (primary N) is 1. The van der Waals surface area contributed by atoms with Gasteiger partial charge in [-0.3, -0.25) is 4.79 Å². The minimum Gasteiger partial charge on any atom is -0.376 e. The van der Waals surface area contributed by atoms with Crippen LogP contribution in [0, 0.1) is 11.8 Å². The zero-order valence-corrected chi connectivity index (χ0v) is 12.3. The molecule has 2 aliphatic rings. The monoisotopic (exact) mass is 268 g/mol. The van der Waals surface area contributed by atoms with Gasteiger partial charge in [0, 0.05) is 31.7 Å². The van der Waals surface area contributed by atoms with Crippen LogP contribution >= 0.6 is 0 Å². The summed E-state index contributed by atoms with van der Waals surface area (Å²) in [4.78, 5) is 14.7. The van der Waals surface area contributed by atoms with Crippen LogP contribution in [-0.2, 0) is 9.53 Å². The Kier molecular flexibility index (Phi) is 5.22. The van der Waals surface area contributed by atoms with Crippen molar-refractivity contribution in [1.29, 1.82) is 0 Å². The SMILES string of the molecule is CCN(CC1CCCO1)C(=O)C1CCC(N)CC1C. The molecule has 4 nitrogen and oxygen atoms in total. The van der Waals surface area contributed by atoms with Crippen LogP contribution < -0.4 is 5.73 Å². The Morgan fingerprint density at radius 3 is 2.74 bits per heavy atom. The van der Waals surface area contributed by atoms with Gasteiger partial charge in [-0.15, -0.1) is 0 Å². The second-order valence-corrected chi connectivity index (χ2v) is 6.17. The third kappa shape index (κ3) is 3.69. The molecule has 1 saturated carbocycles. The van der Waals surface area contributed by atoms with Gasteiger partial charge >= 0.3 is 0 Å². The maximum Gasteiger partial charge on any atom is 0.226 e. The molecule has 1 aliphatic carbocycles. The Hall–Kier alpha value is -0.610. The predicted molar refractivity (Wildman–Crippen MR) is 75.7 cm³/mol. The Morgan fingerprint density at radius 2 is 2.16 bits per heavy atom. The van der Waals surface area contributed by atoms with Crippen molar-refractivity contribution in [2.45, 2.75) is 58.1 Å². The van der Waals surface area contributed by atoms with Crippen molar-refractivity contribution < 1.29 is 9.53 Å². The summed E-state index contributed by atoms with van der Waals surface area (Å²) in [6, 6.07) is 0.285. The smallest absolute Gasteiger partial charge is 0.226 e. The van der Waals surface area contributed by atoms with Gasteiger partial charge in [0.15, 0.2) is 0 Å². The van der Waals surface area contributed by atoms with Crippen LogP contribution in [0.2, 0.25) is 0 Å². The molecule has 0 aromatic rings. The summed E-state index contributed by atoms with van der Waals surface area (Å²) < 4.78 is 5.65. The second-order valence-electron chi connectivity index (χ2n) is 6.17. The standard InChI is InChI=1S/C15H28N2O2/c1-3-17(10-13-5-4-8-19-13)15(18)14-7-6-12(16)9-11(14)2/h11-14H,3-10,16H2,1-2H3. The third-order valence-corrected chi connectivity index (χ3v) is 4.67. The highest BCUT2D eigenvalue weighted by molar-refractivity contribution is 5.79. The molecule has 1 aliphatic heterocycles. The summed E-state index contributed by atoms with van der Waals surface area (Å²) in [6.07, 6.45) is 5.39. The highest BCUT2D eigenvalue weighted by atomic mass is 16.5. The Labute approximate surface area is 116 Å². The fourth-order valence-corrected chi connectivity index (χ4v) is 3.45. The topological polar surface area (TPSA) is 55.6 Å². The van der Waals surface area contributed by atoms with E-state index in [9.17, 15) is 4.79 Å². The molecule has 0 aromatic carbocycles. The van der Waals surface area contributed by atoms with E-state index in [1.807, 2.05) is 4.90 Å². The molecule has 110 valence electrons. The summed E-state index contributed by atoms with van der Waals surface area (Å²) in [5.41, 5.74) is 5.98. The molecule has 2 N–H and O–H groups in total. The number of likely N-dealkylation sites (N-methyl/N-ethyl adjacent to an activating group) is 1. The van der Waals surface area contributed by atoms with Crippen LogP contribution in [0.1, 0.15) is 46.0 Å². The summed E-state index contributed by atoms with van der Waals surface area (Å²) in [5, 5.41) is 0. The summed E-state index contributed by atoms with van der Waals surface area (Å²) >= 11 is 0. The van der Waals surface area contributed by atoms with E-state index < -0.39 is 0 Å². The van der Waals surface area contributed by atoms with Crippen molar-refractivity contribution in [2.75, 3.05) is 19.7 Å². The van der Waals surface area contributed by atoms with Crippen molar-refractivity contribution in [1.82, 2.24) is 4.90 Å². The summed E-state index contributed by atoms with van der Waals surface area (Å²) in [5.74, 6) is 0.897. The van der Waals surface area contributed by atoms with Crippen molar-refractivity contribution in [3.05, 3.63) is 0 Å². The molecule has 0 bridgehead atoms. The zero-order chi connectivity index (χ0) is 13.8. The molecule has 19 heavy (non-hydrogen) atoms. The Balaban J connectivity index is 1.91. The van der Waals surface area contributed by atoms with Gasteiger partial charge in [0.1, 0.15) is 0 Å². The number of carbonyl (C=O) groups is 1. The van der Waals surface area contributed by atoms with E-state index >= 15 is 0 Å². The molecule has 4 unspecified atom stereocenters. The zero-order valence-electron chi connectivity index (χ0n) is 12.3. The van der Waals surface area contributed by atoms with E-state index in [1.54, 1.807) is 0 Å². The van der Waals surface area contributed by atoms with Gasteiger partial charge in [0.05, 0.1) is 6.10 Å². The van der Waals surface area contributed by atoms with Crippen LogP contribution in [0.15, 0.2) is 0 Å². The van der Waals surface area contributed by atoms with E-state index in [4.69, 9.17) is 10.5 Å². The third-order valence-electron chi connectivity index (χ3n) is 4.67. The molecule has 2 fully saturated rings. The van der Waals surface area contributed by atoms with E-state index in [0.717, 1.165) is 51.8 Å². The average Bonchev–Trinajstić information content (AvgIpc) is 2.88. The van der Waals surface area contributed by atoms with Crippen LogP contribution in [0.25, 0.3) is 0 Å². The highest BCUT2D eigenvalue weighted by Crippen LogP contribution is 2.31. The van der Waals surface area contributed by atoms with Gasteiger partial charge in [0.2, 0.25) is 5.91 Å². The van der Waals surface area contributed by atoms with Gasteiger partial charge < -0.3 is 15.4 Å². The molecule has 4 atom stereocenters. The van der Waals surface area contributed by atoms with Crippen LogP contribution in [-0.4, -0.2) is 42.6 Å². The molecule has 2 rings (SSSR count). The number of hydrogen-bond acceptors (Lipinski definition) is 3. The molecule has 1 heterocycles. The molecule has 0 aromatic heterocycles. The number of carbonyl (C=O) groups excluding carboxylic acids is 1. The number of hydrogen-bond donors (Lipinski definition) is 1. The first-order valence-electron chi connectivity index (χ1n) is 7.77. The predicted octanol–water partition coefficient (Wildman–Crippen LogP) is 1.78. The molecular weight excluding hydrogens is 240 g/mol. The van der Waals surface area contributed by atoms with Gasteiger partial charge in [0.25, 0.3) is 0 Å². The van der Waals surface area contributed by atoms with E-state index in [1.165, 1.54) is 0 Å². The van der Waals surface area contributed by atoms with Crippen molar-refractivity contribution in [3.63, 3.8) is 0 Å². The Bertz CT molecular complexity index is 303. The largest absolute Gasteiger partial charge is 0.376 e. The average molecular weight is 268 g/mol. The normalized spacial score (nSPS) is 35.3. The maximum atomic E-state index is 12.7. The molecule has 4 heteroatoms. The number of amides is 1. The molecule has 0 spiro atoms. The lowest BCUT2D eigenvalue weighted by atomic mass is 9.77. The quantitative estimate of drug-likeness (QED) is 0.845. The number of nitrogens with zero attached hydrogens (tertiary/aromatic N) is 1. The van der Waals surface area contributed by atoms with Crippen molar-refractivity contribution in [3.8, 4) is 0 Å². The van der Waals surface area contributed by atoms with Crippen molar-refractivity contribution >= 4 is 5.91 Å². The molecule has 1 amide bonds. The fraction of sp³-hybridized carbons (Fsp3) is 0.933. The number of ether oxygens (including phenoxy) is 1. The van der Waals surface area contributed by atoms with E-state index in [-0.39, 0.29) is 18.1 Å². The summed E-state index contributed by atoms with van der Waals surface area (Å²) in [6.45, 7) is 6.64. The fourth-order valence-electron chi connectivity index (χ4n) is 3.45. The van der Waals surface area contributed by atoms with Crippen LogP contribution in [0.3, 0.4) is 0 Å². The molecule has 0 radical (unpaired) electrons. The Morgan fingerprint density at radius 1 is 1.37 bits per heavy atom. The summed E-state index contributed by atoms with van der Waals surface area (Å²) in [7, 11) is 0. The van der Waals surface area contributed by atoms with Crippen LogP contribution in [0.4, 0.5) is 0 Å². The van der Waals surface area contributed by atoms with Gasteiger partial charge in [-0.05, 0) is 44.9 Å². The molecular formula is C15H28N2O2. The first kappa shape index (κ1) is 14.8. The minimum atomic E-state index is 0.168. The first-order valence-corrected chi connectivity index (χ1v) is 7.77. The van der Waals surface area contributed by atoms with Crippen LogP contribution in [0.5, 0.6) is 0 Å². The lowest BCUT2D eigenvalue weighted by Gasteiger charge is -2.35. The number of rotatable bonds is 4. The van der Waals surface area contributed by atoms with E-state index in [0.29, 0.717) is 11.8 Å². The lowest BCUT2D eigenvalue weighted by molar-refractivity contribution is -0.139. The second kappa shape index (κ2) is 6.71. The van der Waals surface area contributed by atoms with Crippen molar-refractivity contribution in [2.24, 2.45) is 17.6 Å². The maximum absolute atomic E-state index is 12.7. The lowest BCUT2D eigenvalue weighted by Crippen LogP contribution is -2.45. The molecule has 1 saturated heterocycles. The highest BCUT2D eigenvalue weighted by Gasteiger charge is 2.34. The first-order chi connectivity index (χ1) is 9.11.